The fourth-order valence-corrected chi connectivity index (χ4v) is 0.145. The maximum atomic E-state index is 11.8. The van der Waals surface area contributed by atoms with Crippen LogP contribution in [0.4, 0.5) is 4.39 Å². The van der Waals surface area contributed by atoms with Crippen LogP contribution in [0.1, 0.15) is 6.92 Å². The van der Waals surface area contributed by atoms with Crippen molar-refractivity contribution in [1.29, 1.82) is 0 Å². The molecule has 2 nitrogen and oxygen atoms in total. The molecule has 1 unspecified atom stereocenters. The molecule has 0 fully saturated rings. The Bertz CT molecular complexity index is 49.0. The maximum absolute atomic E-state index is 11.8. The third-order valence-electron chi connectivity index (χ3n) is 0.801. The number of aliphatic hydroxyl groups excluding tert-OH is 1. The Kier molecular flexibility index (Phi) is 2.87. The molecule has 3 heteroatoms. The average Bonchev–Trinajstić information content (AvgIpc) is 1.65. The summed E-state index contributed by atoms with van der Waals surface area (Å²) in [6.45, 7) is 1.04. The van der Waals surface area contributed by atoms with Gasteiger partial charge in [-0.25, -0.2) is 4.39 Å². The van der Waals surface area contributed by atoms with Gasteiger partial charge >= 0.3 is 0 Å². The van der Waals surface area contributed by atoms with E-state index in [1.165, 1.54) is 6.92 Å². The topological polar surface area (TPSA) is 46.2 Å². The van der Waals surface area contributed by atoms with Crippen LogP contribution in [0.15, 0.2) is 0 Å². The average molecular weight is 107 g/mol. The van der Waals surface area contributed by atoms with Crippen molar-refractivity contribution in [1.82, 2.24) is 0 Å². The number of halogens is 1. The van der Waals surface area contributed by atoms with Crippen molar-refractivity contribution in [2.24, 2.45) is 5.73 Å². The van der Waals surface area contributed by atoms with Crippen molar-refractivity contribution in [2.45, 2.75) is 19.1 Å². The summed E-state index contributed by atoms with van der Waals surface area (Å²) in [5, 5.41) is 8.14. The standard InChI is InChI=1S/C4H10FNO/c1-3(5)4(6)2-7/h3-4,7H,2,6H2,1H3/t3?,4-/m0/s1. The smallest absolute Gasteiger partial charge is 0.115 e. The number of rotatable bonds is 2. The van der Waals surface area contributed by atoms with E-state index in [1.807, 2.05) is 0 Å². The van der Waals surface area contributed by atoms with Crippen LogP contribution in [0.2, 0.25) is 0 Å². The molecule has 0 saturated heterocycles. The minimum Gasteiger partial charge on any atom is -0.395 e. The molecule has 0 aliphatic heterocycles. The second-order valence-corrected chi connectivity index (χ2v) is 1.52. The van der Waals surface area contributed by atoms with Gasteiger partial charge in [0.15, 0.2) is 0 Å². The lowest BCUT2D eigenvalue weighted by molar-refractivity contribution is 0.199. The Morgan fingerprint density at radius 1 is 1.86 bits per heavy atom. The molecule has 2 atom stereocenters. The molecule has 0 aliphatic rings. The normalized spacial score (nSPS) is 18.9. The van der Waals surface area contributed by atoms with E-state index < -0.39 is 12.2 Å². The van der Waals surface area contributed by atoms with E-state index in [-0.39, 0.29) is 6.61 Å². The summed E-state index contributed by atoms with van der Waals surface area (Å²) in [4.78, 5) is 0. The van der Waals surface area contributed by atoms with Crippen LogP contribution in [0, 0.1) is 0 Å². The van der Waals surface area contributed by atoms with E-state index in [0.717, 1.165) is 0 Å². The minimum absolute atomic E-state index is 0.280. The molecule has 7 heavy (non-hydrogen) atoms. The summed E-state index contributed by atoms with van der Waals surface area (Å²) in [6, 6.07) is -0.708. The lowest BCUT2D eigenvalue weighted by atomic mass is 10.2. The van der Waals surface area contributed by atoms with Gasteiger partial charge in [-0.15, -0.1) is 0 Å². The Labute approximate surface area is 42.1 Å². The van der Waals surface area contributed by atoms with Crippen LogP contribution in [-0.4, -0.2) is 23.9 Å². The van der Waals surface area contributed by atoms with Crippen molar-refractivity contribution < 1.29 is 9.50 Å². The molecule has 3 N–H and O–H groups in total. The Morgan fingerprint density at radius 3 is 2.29 bits per heavy atom. The van der Waals surface area contributed by atoms with Gasteiger partial charge in [0.2, 0.25) is 0 Å². The van der Waals surface area contributed by atoms with E-state index in [4.69, 9.17) is 10.8 Å². The third-order valence-corrected chi connectivity index (χ3v) is 0.801. The molecule has 0 aromatic heterocycles. The molecule has 0 heterocycles. The molecule has 44 valence electrons. The van der Waals surface area contributed by atoms with Gasteiger partial charge in [0.05, 0.1) is 12.6 Å². The van der Waals surface area contributed by atoms with Crippen molar-refractivity contribution >= 4 is 0 Å². The second kappa shape index (κ2) is 2.93. The van der Waals surface area contributed by atoms with Crippen molar-refractivity contribution in [3.63, 3.8) is 0 Å². The summed E-state index contributed by atoms with van der Waals surface area (Å²) in [6.07, 6.45) is -1.11. The van der Waals surface area contributed by atoms with Gasteiger partial charge in [-0.3, -0.25) is 0 Å². The molecular weight excluding hydrogens is 97.0 g/mol. The number of alkyl halides is 1. The summed E-state index contributed by atoms with van der Waals surface area (Å²) >= 11 is 0. The monoisotopic (exact) mass is 107 g/mol. The molecule has 0 spiro atoms. The summed E-state index contributed by atoms with van der Waals surface area (Å²) in [5.74, 6) is 0. The number of hydrogen-bond donors (Lipinski definition) is 2. The Balaban J connectivity index is 3.14. The number of aliphatic hydroxyl groups is 1. The van der Waals surface area contributed by atoms with Crippen LogP contribution in [0.5, 0.6) is 0 Å². The maximum Gasteiger partial charge on any atom is 0.115 e. The van der Waals surface area contributed by atoms with Crippen LogP contribution in [0.3, 0.4) is 0 Å². The van der Waals surface area contributed by atoms with Gasteiger partial charge in [-0.1, -0.05) is 0 Å². The SMILES string of the molecule is CC(F)[C@@H](N)CO. The zero-order valence-corrected chi connectivity index (χ0v) is 4.26. The van der Waals surface area contributed by atoms with Gasteiger partial charge in [0.25, 0.3) is 0 Å². The third kappa shape index (κ3) is 2.53. The van der Waals surface area contributed by atoms with Crippen LogP contribution < -0.4 is 5.73 Å². The van der Waals surface area contributed by atoms with Gasteiger partial charge < -0.3 is 10.8 Å². The fourth-order valence-electron chi connectivity index (χ4n) is 0.145. The summed E-state index contributed by atoms with van der Waals surface area (Å²) < 4.78 is 11.8. The molecule has 0 aromatic rings. The molecule has 0 saturated carbocycles. The van der Waals surface area contributed by atoms with Gasteiger partial charge in [-0.05, 0) is 6.92 Å². The zero-order valence-electron chi connectivity index (χ0n) is 4.26. The summed E-state index contributed by atoms with van der Waals surface area (Å²) in [5.41, 5.74) is 4.99. The van der Waals surface area contributed by atoms with Gasteiger partial charge in [0.1, 0.15) is 6.17 Å². The zero-order chi connectivity index (χ0) is 5.86. The number of nitrogens with two attached hydrogens (primary N) is 1. The fraction of sp³-hybridized carbons (Fsp3) is 1.00. The molecular formula is C4H10FNO. The van der Waals surface area contributed by atoms with E-state index in [9.17, 15) is 4.39 Å². The van der Waals surface area contributed by atoms with Gasteiger partial charge in [-0.2, -0.15) is 0 Å². The highest BCUT2D eigenvalue weighted by molar-refractivity contribution is 4.64. The Hall–Kier alpha value is -0.150. The lowest BCUT2D eigenvalue weighted by Gasteiger charge is -2.06. The van der Waals surface area contributed by atoms with Crippen molar-refractivity contribution in [3.05, 3.63) is 0 Å². The van der Waals surface area contributed by atoms with Crippen LogP contribution >= 0.6 is 0 Å². The minimum atomic E-state index is -1.11. The highest BCUT2D eigenvalue weighted by atomic mass is 19.1. The Morgan fingerprint density at radius 2 is 2.29 bits per heavy atom. The quantitative estimate of drug-likeness (QED) is 0.507. The predicted molar refractivity (Wildman–Crippen MR) is 25.6 cm³/mol. The van der Waals surface area contributed by atoms with E-state index in [0.29, 0.717) is 0 Å². The van der Waals surface area contributed by atoms with E-state index in [2.05, 4.69) is 0 Å². The van der Waals surface area contributed by atoms with Crippen molar-refractivity contribution in [2.75, 3.05) is 6.61 Å². The number of hydrogen-bond acceptors (Lipinski definition) is 2. The first-order valence-electron chi connectivity index (χ1n) is 2.19. The first-order valence-corrected chi connectivity index (χ1v) is 2.19. The summed E-state index contributed by atoms with van der Waals surface area (Å²) in [7, 11) is 0. The highest BCUT2D eigenvalue weighted by Gasteiger charge is 2.07. The molecule has 0 aromatic carbocycles. The van der Waals surface area contributed by atoms with E-state index >= 15 is 0 Å². The van der Waals surface area contributed by atoms with E-state index in [1.54, 1.807) is 0 Å². The first kappa shape index (κ1) is 6.85. The predicted octanol–water partition coefficient (Wildman–Crippen LogP) is -0.336. The molecule has 0 bridgehead atoms. The molecule has 0 radical (unpaired) electrons. The largest absolute Gasteiger partial charge is 0.395 e. The first-order chi connectivity index (χ1) is 3.18. The second-order valence-electron chi connectivity index (χ2n) is 1.52. The van der Waals surface area contributed by atoms with Crippen LogP contribution in [0.25, 0.3) is 0 Å². The van der Waals surface area contributed by atoms with Crippen molar-refractivity contribution in [3.8, 4) is 0 Å². The van der Waals surface area contributed by atoms with Gasteiger partial charge in [0, 0.05) is 0 Å². The molecule has 0 aliphatic carbocycles. The highest BCUT2D eigenvalue weighted by Crippen LogP contribution is 1.90. The molecule has 0 rings (SSSR count). The van der Waals surface area contributed by atoms with Crippen LogP contribution in [-0.2, 0) is 0 Å². The lowest BCUT2D eigenvalue weighted by Crippen LogP contribution is -2.32. The molecule has 0 amide bonds.